The van der Waals surface area contributed by atoms with Gasteiger partial charge in [0.25, 0.3) is 0 Å². The molecule has 1 heterocycles. The van der Waals surface area contributed by atoms with Crippen LogP contribution in [0.25, 0.3) is 0 Å². The van der Waals surface area contributed by atoms with Gasteiger partial charge >= 0.3 is 5.97 Å². The molecule has 0 radical (unpaired) electrons. The van der Waals surface area contributed by atoms with Gasteiger partial charge in [0.1, 0.15) is 11.5 Å². The number of methoxy groups -OCH3 is 2. The average molecular weight is 434 g/mol. The number of hydrogen-bond donors (Lipinski definition) is 1. The Kier molecular flexibility index (Phi) is 6.39. The van der Waals surface area contributed by atoms with Crippen molar-refractivity contribution in [1.82, 2.24) is 4.90 Å². The lowest BCUT2D eigenvalue weighted by molar-refractivity contribution is -0.143. The van der Waals surface area contributed by atoms with E-state index in [0.29, 0.717) is 12.8 Å². The maximum absolute atomic E-state index is 11.3. The van der Waals surface area contributed by atoms with Crippen molar-refractivity contribution in [2.24, 2.45) is 5.92 Å². The molecule has 0 saturated carbocycles. The fraction of sp³-hybridized carbons (Fsp3) is 0.381. The Morgan fingerprint density at radius 2 is 1.78 bits per heavy atom. The minimum Gasteiger partial charge on any atom is -0.497 e. The van der Waals surface area contributed by atoms with E-state index in [2.05, 4.69) is 39.0 Å². The topological polar surface area (TPSA) is 59.0 Å². The van der Waals surface area contributed by atoms with Gasteiger partial charge in [-0.25, -0.2) is 0 Å². The molecule has 6 heteroatoms. The molecule has 2 aromatic rings. The summed E-state index contributed by atoms with van der Waals surface area (Å²) in [5.74, 6) is 0.667. The molecule has 0 bridgehead atoms. The van der Waals surface area contributed by atoms with Crippen molar-refractivity contribution >= 4 is 21.9 Å². The number of halogens is 1. The third kappa shape index (κ3) is 4.45. The first-order valence-electron chi connectivity index (χ1n) is 8.97. The van der Waals surface area contributed by atoms with E-state index < -0.39 is 5.97 Å². The van der Waals surface area contributed by atoms with E-state index in [4.69, 9.17) is 9.47 Å². The van der Waals surface area contributed by atoms with Crippen LogP contribution in [0.15, 0.2) is 46.9 Å². The predicted octanol–water partition coefficient (Wildman–Crippen LogP) is 4.35. The molecule has 0 amide bonds. The second-order valence-electron chi connectivity index (χ2n) is 6.71. The number of carbonyl (C=O) groups is 1. The molecule has 27 heavy (non-hydrogen) atoms. The molecule has 1 aliphatic rings. The molecule has 0 aliphatic carbocycles. The van der Waals surface area contributed by atoms with Crippen LogP contribution in [-0.2, 0) is 4.79 Å². The predicted molar refractivity (Wildman–Crippen MR) is 107 cm³/mol. The van der Waals surface area contributed by atoms with E-state index in [1.807, 2.05) is 24.3 Å². The number of hydrogen-bond acceptors (Lipinski definition) is 4. The van der Waals surface area contributed by atoms with Crippen LogP contribution in [0, 0.1) is 5.92 Å². The lowest BCUT2D eigenvalue weighted by Gasteiger charge is -2.37. The number of piperidine rings is 1. The Balaban J connectivity index is 1.99. The van der Waals surface area contributed by atoms with Crippen LogP contribution in [0.2, 0.25) is 0 Å². The van der Waals surface area contributed by atoms with Crippen molar-refractivity contribution in [1.29, 1.82) is 0 Å². The molecule has 0 spiro atoms. The molecular weight excluding hydrogens is 410 g/mol. The molecule has 1 fully saturated rings. The molecule has 1 unspecified atom stereocenters. The molecule has 1 aliphatic heterocycles. The Labute approximate surface area is 168 Å². The minimum atomic E-state index is -0.698. The van der Waals surface area contributed by atoms with Crippen molar-refractivity contribution in [3.8, 4) is 11.5 Å². The summed E-state index contributed by atoms with van der Waals surface area (Å²) in [6.45, 7) is 1.45. The van der Waals surface area contributed by atoms with Gasteiger partial charge in [-0.2, -0.15) is 0 Å². The Hall–Kier alpha value is -2.05. The highest BCUT2D eigenvalue weighted by atomic mass is 79.9. The van der Waals surface area contributed by atoms with Crippen LogP contribution in [-0.4, -0.2) is 43.3 Å². The number of carboxylic acid groups (broad SMARTS) is 1. The van der Waals surface area contributed by atoms with E-state index in [9.17, 15) is 9.90 Å². The monoisotopic (exact) mass is 433 g/mol. The standard InChI is InChI=1S/C21H24BrNO4/c1-26-17-6-3-14(4-7-17)20(18-13-16(22)5-8-19(18)27-2)23-11-9-15(10-12-23)21(24)25/h3-8,13,15,20H,9-12H2,1-2H3,(H,24,25). The Morgan fingerprint density at radius 3 is 2.33 bits per heavy atom. The minimum absolute atomic E-state index is 0.0156. The van der Waals surface area contributed by atoms with Gasteiger partial charge in [0.05, 0.1) is 26.2 Å². The summed E-state index contributed by atoms with van der Waals surface area (Å²) in [6.07, 6.45) is 1.30. The smallest absolute Gasteiger partial charge is 0.306 e. The molecule has 1 saturated heterocycles. The first-order chi connectivity index (χ1) is 13.0. The van der Waals surface area contributed by atoms with Gasteiger partial charge in [-0.1, -0.05) is 28.1 Å². The highest BCUT2D eigenvalue weighted by Crippen LogP contribution is 2.38. The Morgan fingerprint density at radius 1 is 1.11 bits per heavy atom. The molecule has 144 valence electrons. The second kappa shape index (κ2) is 8.76. The summed E-state index contributed by atoms with van der Waals surface area (Å²) in [4.78, 5) is 13.7. The molecule has 3 rings (SSSR count). The third-order valence-electron chi connectivity index (χ3n) is 5.16. The Bertz CT molecular complexity index is 785. The summed E-state index contributed by atoms with van der Waals surface area (Å²) in [6, 6.07) is 14.0. The van der Waals surface area contributed by atoms with Gasteiger partial charge in [-0.05, 0) is 61.8 Å². The van der Waals surface area contributed by atoms with Crippen molar-refractivity contribution in [2.45, 2.75) is 18.9 Å². The zero-order valence-electron chi connectivity index (χ0n) is 15.5. The van der Waals surface area contributed by atoms with Gasteiger partial charge in [0.2, 0.25) is 0 Å². The molecule has 0 aromatic heterocycles. The van der Waals surface area contributed by atoms with E-state index in [1.165, 1.54) is 0 Å². The van der Waals surface area contributed by atoms with Gasteiger partial charge < -0.3 is 14.6 Å². The maximum atomic E-state index is 11.3. The van der Waals surface area contributed by atoms with E-state index >= 15 is 0 Å². The van der Waals surface area contributed by atoms with Crippen molar-refractivity contribution in [3.63, 3.8) is 0 Å². The zero-order chi connectivity index (χ0) is 19.4. The average Bonchev–Trinajstić information content (AvgIpc) is 2.69. The highest BCUT2D eigenvalue weighted by Gasteiger charge is 2.31. The first-order valence-corrected chi connectivity index (χ1v) is 9.77. The zero-order valence-corrected chi connectivity index (χ0v) is 17.1. The number of rotatable bonds is 6. The third-order valence-corrected chi connectivity index (χ3v) is 5.66. The first kappa shape index (κ1) is 19.7. The van der Waals surface area contributed by atoms with Crippen molar-refractivity contribution in [2.75, 3.05) is 27.3 Å². The fourth-order valence-corrected chi connectivity index (χ4v) is 4.08. The molecule has 2 aromatic carbocycles. The molecule has 5 nitrogen and oxygen atoms in total. The maximum Gasteiger partial charge on any atom is 0.306 e. The van der Waals surface area contributed by atoms with Crippen LogP contribution in [0.1, 0.15) is 30.0 Å². The number of aliphatic carboxylic acids is 1. The summed E-state index contributed by atoms with van der Waals surface area (Å²) in [7, 11) is 3.33. The molecule has 1 N–H and O–H groups in total. The van der Waals surface area contributed by atoms with E-state index in [-0.39, 0.29) is 12.0 Å². The summed E-state index contributed by atoms with van der Waals surface area (Å²) < 4.78 is 11.9. The van der Waals surface area contributed by atoms with Crippen LogP contribution >= 0.6 is 15.9 Å². The van der Waals surface area contributed by atoms with Crippen LogP contribution in [0.4, 0.5) is 0 Å². The number of nitrogens with zero attached hydrogens (tertiary/aromatic N) is 1. The van der Waals surface area contributed by atoms with Crippen LogP contribution in [0.3, 0.4) is 0 Å². The summed E-state index contributed by atoms with van der Waals surface area (Å²) in [5.41, 5.74) is 2.19. The largest absolute Gasteiger partial charge is 0.497 e. The van der Waals surface area contributed by atoms with Crippen molar-refractivity contribution < 1.29 is 19.4 Å². The number of carboxylic acids is 1. The second-order valence-corrected chi connectivity index (χ2v) is 7.63. The van der Waals surface area contributed by atoms with Gasteiger partial charge in [0.15, 0.2) is 0 Å². The van der Waals surface area contributed by atoms with Crippen LogP contribution < -0.4 is 9.47 Å². The van der Waals surface area contributed by atoms with Crippen LogP contribution in [0.5, 0.6) is 11.5 Å². The van der Waals surface area contributed by atoms with Gasteiger partial charge in [-0.3, -0.25) is 9.69 Å². The number of ether oxygens (including phenoxy) is 2. The summed E-state index contributed by atoms with van der Waals surface area (Å²) >= 11 is 3.57. The fourth-order valence-electron chi connectivity index (χ4n) is 3.70. The van der Waals surface area contributed by atoms with Gasteiger partial charge in [0, 0.05) is 10.0 Å². The number of benzene rings is 2. The lowest BCUT2D eigenvalue weighted by atomic mass is 9.91. The quantitative estimate of drug-likeness (QED) is 0.733. The van der Waals surface area contributed by atoms with E-state index in [0.717, 1.165) is 40.2 Å². The normalized spacial score (nSPS) is 16.7. The molecule has 1 atom stereocenters. The SMILES string of the molecule is COc1ccc(C(c2cc(Br)ccc2OC)N2CCC(C(=O)O)CC2)cc1. The lowest BCUT2D eigenvalue weighted by Crippen LogP contribution is -2.39. The number of likely N-dealkylation sites (tertiary alicyclic amines) is 1. The van der Waals surface area contributed by atoms with Crippen molar-refractivity contribution in [3.05, 3.63) is 58.1 Å². The van der Waals surface area contributed by atoms with Gasteiger partial charge in [-0.15, -0.1) is 0 Å². The summed E-state index contributed by atoms with van der Waals surface area (Å²) in [5, 5.41) is 9.31. The highest BCUT2D eigenvalue weighted by molar-refractivity contribution is 9.10. The van der Waals surface area contributed by atoms with E-state index in [1.54, 1.807) is 14.2 Å². The molecular formula is C21H24BrNO4.